The van der Waals surface area contributed by atoms with Crippen molar-refractivity contribution >= 4 is 39.2 Å². The van der Waals surface area contributed by atoms with Gasteiger partial charge in [0.25, 0.3) is 0 Å². The fourth-order valence-corrected chi connectivity index (χ4v) is 4.54. The number of para-hydroxylation sites is 1. The number of hydrogen-bond donors (Lipinski definition) is 2. The summed E-state index contributed by atoms with van der Waals surface area (Å²) in [5.41, 5.74) is 3.90. The number of ether oxygens (including phenoxy) is 1. The lowest BCUT2D eigenvalue weighted by Gasteiger charge is -2.34. The van der Waals surface area contributed by atoms with Crippen molar-refractivity contribution in [2.24, 2.45) is 5.84 Å². The maximum absolute atomic E-state index is 6.17. The molecule has 0 aliphatic carbocycles. The molecule has 2 aromatic heterocycles. The second kappa shape index (κ2) is 10.2. The lowest BCUT2D eigenvalue weighted by Crippen LogP contribution is -2.49. The van der Waals surface area contributed by atoms with Crippen LogP contribution in [0.15, 0.2) is 60.8 Å². The van der Waals surface area contributed by atoms with Gasteiger partial charge in [0.2, 0.25) is 0 Å². The number of aromatic nitrogens is 3. The van der Waals surface area contributed by atoms with Crippen molar-refractivity contribution in [3.05, 3.63) is 66.6 Å². The van der Waals surface area contributed by atoms with Crippen LogP contribution < -0.4 is 10.7 Å². The molecule has 8 nitrogen and oxygen atoms in total. The SMILES string of the molecule is CN1CCN(c2ccc3[nH]c(C4COCC(Cl)N4N)nc3c2)CC1.c1ccc2ncccc2c1. The third-order valence-electron chi connectivity index (χ3n) is 6.40. The number of aromatic amines is 1. The van der Waals surface area contributed by atoms with Gasteiger partial charge in [-0.05, 0) is 37.4 Å². The van der Waals surface area contributed by atoms with Crippen molar-refractivity contribution in [2.75, 3.05) is 51.3 Å². The zero-order chi connectivity index (χ0) is 23.5. The molecule has 2 atom stereocenters. The fourth-order valence-electron chi connectivity index (χ4n) is 4.31. The Hall–Kier alpha value is -2.75. The van der Waals surface area contributed by atoms with Crippen LogP contribution in [0.2, 0.25) is 0 Å². The number of halogens is 1. The van der Waals surface area contributed by atoms with Crippen LogP contribution in [0, 0.1) is 0 Å². The summed E-state index contributed by atoms with van der Waals surface area (Å²) in [4.78, 5) is 17.0. The molecule has 0 spiro atoms. The molecule has 2 saturated heterocycles. The van der Waals surface area contributed by atoms with Gasteiger partial charge in [-0.1, -0.05) is 24.3 Å². The van der Waals surface area contributed by atoms with E-state index >= 15 is 0 Å². The number of pyridine rings is 1. The van der Waals surface area contributed by atoms with Crippen molar-refractivity contribution in [3.8, 4) is 0 Å². The number of alkyl halides is 1. The molecule has 0 saturated carbocycles. The Morgan fingerprint density at radius 3 is 2.62 bits per heavy atom. The minimum Gasteiger partial charge on any atom is -0.376 e. The number of nitrogens with two attached hydrogens (primary N) is 1. The van der Waals surface area contributed by atoms with E-state index in [0.29, 0.717) is 13.2 Å². The summed E-state index contributed by atoms with van der Waals surface area (Å²) in [6, 6.07) is 18.3. The number of hydrogen-bond acceptors (Lipinski definition) is 7. The van der Waals surface area contributed by atoms with Crippen LogP contribution in [0.3, 0.4) is 0 Å². The van der Waals surface area contributed by atoms with Gasteiger partial charge in [-0.3, -0.25) is 10.8 Å². The average molecular weight is 480 g/mol. The minimum absolute atomic E-state index is 0.152. The molecule has 2 aliphatic rings. The van der Waals surface area contributed by atoms with Crippen LogP contribution in [0.4, 0.5) is 5.69 Å². The highest BCUT2D eigenvalue weighted by molar-refractivity contribution is 6.20. The number of morpholine rings is 1. The highest BCUT2D eigenvalue weighted by atomic mass is 35.5. The standard InChI is InChI=1S/C16H23ClN6O.C9H7N/c1-21-4-6-22(7-5-21)11-2-3-12-13(8-11)20-16(19-12)14-9-24-10-15(17)23(14)18;1-2-6-9-8(4-1)5-3-7-10-9/h2-3,8,14-15H,4-7,9-10,18H2,1H3,(H,19,20);1-7H. The van der Waals surface area contributed by atoms with Gasteiger partial charge in [-0.2, -0.15) is 0 Å². The Bertz CT molecular complexity index is 1170. The molecule has 0 bridgehead atoms. The fraction of sp³-hybridized carbons (Fsp3) is 0.360. The van der Waals surface area contributed by atoms with E-state index in [1.807, 2.05) is 30.5 Å². The molecule has 2 aliphatic heterocycles. The number of nitrogens with zero attached hydrogens (tertiary/aromatic N) is 5. The van der Waals surface area contributed by atoms with Crippen LogP contribution in [0.25, 0.3) is 21.9 Å². The van der Waals surface area contributed by atoms with E-state index < -0.39 is 0 Å². The predicted octanol–water partition coefficient (Wildman–Crippen LogP) is 3.36. The largest absolute Gasteiger partial charge is 0.376 e. The lowest BCUT2D eigenvalue weighted by molar-refractivity contribution is -0.0269. The number of rotatable bonds is 2. The van der Waals surface area contributed by atoms with Crippen molar-refractivity contribution in [2.45, 2.75) is 11.5 Å². The molecule has 2 aromatic carbocycles. The summed E-state index contributed by atoms with van der Waals surface area (Å²) < 4.78 is 5.52. The molecule has 2 fully saturated rings. The first kappa shape index (κ1) is 23.0. The van der Waals surface area contributed by atoms with Gasteiger partial charge in [0.1, 0.15) is 17.4 Å². The van der Waals surface area contributed by atoms with Crippen molar-refractivity contribution in [1.29, 1.82) is 0 Å². The van der Waals surface area contributed by atoms with E-state index in [0.717, 1.165) is 48.6 Å². The molecule has 2 unspecified atom stereocenters. The third kappa shape index (κ3) is 5.01. The predicted molar refractivity (Wildman–Crippen MR) is 137 cm³/mol. The van der Waals surface area contributed by atoms with E-state index in [1.54, 1.807) is 5.01 Å². The number of H-pyrrole nitrogens is 1. The Morgan fingerprint density at radius 1 is 1.00 bits per heavy atom. The first-order valence-corrected chi connectivity index (χ1v) is 12.0. The first-order chi connectivity index (χ1) is 16.6. The van der Waals surface area contributed by atoms with Crippen molar-refractivity contribution in [3.63, 3.8) is 0 Å². The average Bonchev–Trinajstić information content (AvgIpc) is 3.30. The molecule has 3 N–H and O–H groups in total. The number of benzene rings is 2. The zero-order valence-electron chi connectivity index (χ0n) is 19.3. The molecule has 4 heterocycles. The lowest BCUT2D eigenvalue weighted by atomic mass is 10.2. The maximum Gasteiger partial charge on any atom is 0.128 e. The quantitative estimate of drug-likeness (QED) is 0.259. The summed E-state index contributed by atoms with van der Waals surface area (Å²) in [5.74, 6) is 6.88. The normalized spacial score (nSPS) is 22.0. The molecule has 0 radical (unpaired) electrons. The molecule has 34 heavy (non-hydrogen) atoms. The Morgan fingerprint density at radius 2 is 1.79 bits per heavy atom. The molecule has 6 rings (SSSR count). The Balaban J connectivity index is 0.000000200. The van der Waals surface area contributed by atoms with Gasteiger partial charge in [0.05, 0.1) is 29.8 Å². The topological polar surface area (TPSA) is 86.5 Å². The number of nitrogens with one attached hydrogen (secondary N) is 1. The molecule has 9 heteroatoms. The minimum atomic E-state index is -0.335. The van der Waals surface area contributed by atoms with Crippen molar-refractivity contribution < 1.29 is 4.74 Å². The highest BCUT2D eigenvalue weighted by Crippen LogP contribution is 2.28. The van der Waals surface area contributed by atoms with Crippen LogP contribution in [0.1, 0.15) is 11.9 Å². The maximum atomic E-state index is 6.17. The number of hydrazine groups is 1. The van der Waals surface area contributed by atoms with Crippen LogP contribution >= 0.6 is 11.6 Å². The van der Waals surface area contributed by atoms with E-state index in [1.165, 1.54) is 11.1 Å². The number of fused-ring (bicyclic) bond motifs is 2. The first-order valence-electron chi connectivity index (χ1n) is 11.6. The van der Waals surface area contributed by atoms with E-state index in [4.69, 9.17) is 27.2 Å². The van der Waals surface area contributed by atoms with Gasteiger partial charge in [-0.25, -0.2) is 9.99 Å². The van der Waals surface area contributed by atoms with Crippen molar-refractivity contribution in [1.82, 2.24) is 24.9 Å². The van der Waals surface area contributed by atoms with Gasteiger partial charge in [0.15, 0.2) is 0 Å². The molecular formula is C25H30ClN7O. The Kier molecular flexibility index (Phi) is 6.94. The van der Waals surface area contributed by atoms with Gasteiger partial charge in [-0.15, -0.1) is 11.6 Å². The zero-order valence-corrected chi connectivity index (χ0v) is 20.0. The number of imidazole rings is 1. The molecule has 178 valence electrons. The summed E-state index contributed by atoms with van der Waals surface area (Å²) in [6.07, 6.45) is 1.81. The second-order valence-corrected chi connectivity index (χ2v) is 9.25. The van der Waals surface area contributed by atoms with Crippen LogP contribution in [-0.4, -0.2) is 76.8 Å². The van der Waals surface area contributed by atoms with Crippen LogP contribution in [-0.2, 0) is 4.74 Å². The van der Waals surface area contributed by atoms with Gasteiger partial charge < -0.3 is 19.5 Å². The molecule has 0 amide bonds. The summed E-state index contributed by atoms with van der Waals surface area (Å²) in [7, 11) is 2.16. The smallest absolute Gasteiger partial charge is 0.128 e. The van der Waals surface area contributed by atoms with Gasteiger partial charge in [0, 0.05) is 43.4 Å². The summed E-state index contributed by atoms with van der Waals surface area (Å²) >= 11 is 6.17. The number of anilines is 1. The summed E-state index contributed by atoms with van der Waals surface area (Å²) in [6.45, 7) is 5.18. The molecule has 4 aromatic rings. The van der Waals surface area contributed by atoms with E-state index in [-0.39, 0.29) is 11.5 Å². The third-order valence-corrected chi connectivity index (χ3v) is 6.75. The van der Waals surface area contributed by atoms with Gasteiger partial charge >= 0.3 is 0 Å². The second-order valence-electron chi connectivity index (χ2n) is 8.74. The van der Waals surface area contributed by atoms with E-state index in [9.17, 15) is 0 Å². The number of likely N-dealkylation sites (N-methyl/N-ethyl adjacent to an activating group) is 1. The monoisotopic (exact) mass is 479 g/mol. The number of piperazine rings is 1. The summed E-state index contributed by atoms with van der Waals surface area (Å²) in [5, 5.41) is 2.81. The highest BCUT2D eigenvalue weighted by Gasteiger charge is 2.31. The molecular weight excluding hydrogens is 450 g/mol. The Labute approximate surface area is 204 Å². The van der Waals surface area contributed by atoms with E-state index in [2.05, 4.69) is 57.1 Å². The van der Waals surface area contributed by atoms with Crippen LogP contribution in [0.5, 0.6) is 0 Å².